The molecular formula is C17H15NOS. The van der Waals surface area contributed by atoms with Gasteiger partial charge in [0, 0.05) is 9.79 Å². The van der Waals surface area contributed by atoms with Gasteiger partial charge in [-0.1, -0.05) is 54.2 Å². The first-order valence-electron chi connectivity index (χ1n) is 6.41. The molecule has 0 aliphatic rings. The number of fused-ring (bicyclic) bond motifs is 1. The zero-order chi connectivity index (χ0) is 13.8. The van der Waals surface area contributed by atoms with Crippen LogP contribution in [0.15, 0.2) is 76.5 Å². The summed E-state index contributed by atoms with van der Waals surface area (Å²) in [4.78, 5) is 7.37. The van der Waals surface area contributed by atoms with Gasteiger partial charge in [0.25, 0.3) is 0 Å². The normalized spacial score (nSPS) is 10.7. The molecule has 0 saturated carbocycles. The van der Waals surface area contributed by atoms with Gasteiger partial charge in [-0.2, -0.15) is 0 Å². The fraction of sp³-hybridized carbons (Fsp3) is 0.0588. The Morgan fingerprint density at radius 3 is 2.45 bits per heavy atom. The van der Waals surface area contributed by atoms with Crippen molar-refractivity contribution in [2.45, 2.75) is 9.79 Å². The summed E-state index contributed by atoms with van der Waals surface area (Å²) in [7, 11) is 1.62. The van der Waals surface area contributed by atoms with Crippen LogP contribution in [0.25, 0.3) is 10.8 Å². The quantitative estimate of drug-likeness (QED) is 0.683. The van der Waals surface area contributed by atoms with Gasteiger partial charge < -0.3 is 0 Å². The Bertz CT molecular complexity index is 727. The minimum Gasteiger partial charge on any atom is -0.279 e. The topological polar surface area (TPSA) is 21.3 Å². The highest BCUT2D eigenvalue weighted by molar-refractivity contribution is 7.99. The molecule has 3 rings (SSSR count). The number of hydrogen-bond acceptors (Lipinski definition) is 3. The van der Waals surface area contributed by atoms with Crippen LogP contribution in [-0.2, 0) is 4.84 Å². The van der Waals surface area contributed by atoms with Crippen LogP contribution in [0.1, 0.15) is 0 Å². The predicted octanol–water partition coefficient (Wildman–Crippen LogP) is 4.96. The summed E-state index contributed by atoms with van der Waals surface area (Å²) in [5.74, 6) is 0. The second kappa shape index (κ2) is 5.99. The second-order valence-corrected chi connectivity index (χ2v) is 5.53. The lowest BCUT2D eigenvalue weighted by atomic mass is 10.1. The Kier molecular flexibility index (Phi) is 3.90. The molecule has 3 aromatic carbocycles. The van der Waals surface area contributed by atoms with E-state index in [2.05, 4.69) is 54.0 Å². The first-order valence-corrected chi connectivity index (χ1v) is 7.23. The molecule has 0 aliphatic carbocycles. The van der Waals surface area contributed by atoms with Gasteiger partial charge >= 0.3 is 0 Å². The molecule has 3 heteroatoms. The Balaban J connectivity index is 1.93. The molecule has 0 aliphatic heterocycles. The summed E-state index contributed by atoms with van der Waals surface area (Å²) in [5, 5.41) is 2.52. The van der Waals surface area contributed by atoms with Crippen molar-refractivity contribution in [2.75, 3.05) is 12.6 Å². The van der Waals surface area contributed by atoms with E-state index < -0.39 is 0 Å². The van der Waals surface area contributed by atoms with E-state index in [9.17, 15) is 0 Å². The van der Waals surface area contributed by atoms with Crippen LogP contribution in [0.4, 0.5) is 5.69 Å². The van der Waals surface area contributed by atoms with E-state index in [1.54, 1.807) is 18.9 Å². The Morgan fingerprint density at radius 2 is 1.60 bits per heavy atom. The monoisotopic (exact) mass is 281 g/mol. The van der Waals surface area contributed by atoms with E-state index in [1.807, 2.05) is 18.2 Å². The van der Waals surface area contributed by atoms with E-state index in [4.69, 9.17) is 4.84 Å². The minimum atomic E-state index is 0.980. The van der Waals surface area contributed by atoms with Crippen molar-refractivity contribution in [3.63, 3.8) is 0 Å². The molecule has 0 spiro atoms. The van der Waals surface area contributed by atoms with Gasteiger partial charge in [-0.25, -0.2) is 0 Å². The summed E-state index contributed by atoms with van der Waals surface area (Å²) >= 11 is 1.73. The first-order chi connectivity index (χ1) is 9.86. The molecule has 1 N–H and O–H groups in total. The van der Waals surface area contributed by atoms with Crippen molar-refractivity contribution in [3.8, 4) is 0 Å². The van der Waals surface area contributed by atoms with Crippen molar-refractivity contribution in [1.29, 1.82) is 0 Å². The molecule has 2 nitrogen and oxygen atoms in total. The van der Waals surface area contributed by atoms with Crippen molar-refractivity contribution < 1.29 is 4.84 Å². The van der Waals surface area contributed by atoms with Crippen molar-refractivity contribution in [1.82, 2.24) is 0 Å². The number of nitrogens with one attached hydrogen (secondary N) is 1. The highest BCUT2D eigenvalue weighted by atomic mass is 32.2. The largest absolute Gasteiger partial charge is 0.279 e. The highest BCUT2D eigenvalue weighted by Gasteiger charge is 2.04. The van der Waals surface area contributed by atoms with Crippen LogP contribution in [0.3, 0.4) is 0 Å². The van der Waals surface area contributed by atoms with E-state index in [0.29, 0.717) is 0 Å². The summed E-state index contributed by atoms with van der Waals surface area (Å²) in [6.45, 7) is 0. The third-order valence-electron chi connectivity index (χ3n) is 3.05. The summed E-state index contributed by atoms with van der Waals surface area (Å²) in [5.41, 5.74) is 3.89. The lowest BCUT2D eigenvalue weighted by Gasteiger charge is -2.10. The van der Waals surface area contributed by atoms with Crippen LogP contribution < -0.4 is 5.48 Å². The number of rotatable bonds is 4. The Hall–Kier alpha value is -1.97. The van der Waals surface area contributed by atoms with Gasteiger partial charge in [0.2, 0.25) is 0 Å². The molecule has 0 amide bonds. The van der Waals surface area contributed by atoms with Crippen LogP contribution in [0.5, 0.6) is 0 Å². The minimum absolute atomic E-state index is 0.980. The average Bonchev–Trinajstić information content (AvgIpc) is 2.49. The molecule has 20 heavy (non-hydrogen) atoms. The van der Waals surface area contributed by atoms with Crippen molar-refractivity contribution >= 4 is 28.2 Å². The molecule has 0 heterocycles. The van der Waals surface area contributed by atoms with E-state index in [0.717, 1.165) is 10.6 Å². The number of para-hydroxylation sites is 1. The number of benzene rings is 3. The van der Waals surface area contributed by atoms with E-state index >= 15 is 0 Å². The second-order valence-electron chi connectivity index (χ2n) is 4.41. The van der Waals surface area contributed by atoms with Gasteiger partial charge in [-0.05, 0) is 35.0 Å². The molecule has 0 unspecified atom stereocenters. The first kappa shape index (κ1) is 13.0. The molecular weight excluding hydrogens is 266 g/mol. The molecule has 3 aromatic rings. The van der Waals surface area contributed by atoms with Crippen LogP contribution in [0.2, 0.25) is 0 Å². The fourth-order valence-corrected chi connectivity index (χ4v) is 3.05. The number of anilines is 1. The van der Waals surface area contributed by atoms with Gasteiger partial charge in [0.15, 0.2) is 0 Å². The standard InChI is InChI=1S/C17H15NOS/c1-19-18-16-8-4-5-9-17(16)20-15-11-10-13-6-2-3-7-14(13)12-15/h2-12,18H,1H3. The summed E-state index contributed by atoms with van der Waals surface area (Å²) < 4.78 is 0. The zero-order valence-electron chi connectivity index (χ0n) is 11.2. The van der Waals surface area contributed by atoms with Crippen LogP contribution in [0, 0.1) is 0 Å². The average molecular weight is 281 g/mol. The highest BCUT2D eigenvalue weighted by Crippen LogP contribution is 2.34. The van der Waals surface area contributed by atoms with Crippen LogP contribution in [-0.4, -0.2) is 7.11 Å². The fourth-order valence-electron chi connectivity index (χ4n) is 2.11. The Morgan fingerprint density at radius 1 is 0.850 bits per heavy atom. The van der Waals surface area contributed by atoms with E-state index in [1.165, 1.54) is 15.7 Å². The van der Waals surface area contributed by atoms with Crippen molar-refractivity contribution in [3.05, 3.63) is 66.7 Å². The summed E-state index contributed by atoms with van der Waals surface area (Å²) in [6, 6.07) is 23.0. The lowest BCUT2D eigenvalue weighted by Crippen LogP contribution is -1.96. The SMILES string of the molecule is CONc1ccccc1Sc1ccc2ccccc2c1. The zero-order valence-corrected chi connectivity index (χ0v) is 12.0. The molecule has 0 bridgehead atoms. The maximum Gasteiger partial charge on any atom is 0.0743 e. The summed E-state index contributed by atoms with van der Waals surface area (Å²) in [6.07, 6.45) is 0. The van der Waals surface area contributed by atoms with Gasteiger partial charge in [-0.3, -0.25) is 10.3 Å². The molecule has 100 valence electrons. The van der Waals surface area contributed by atoms with Crippen LogP contribution >= 0.6 is 11.8 Å². The maximum absolute atomic E-state index is 5.01. The van der Waals surface area contributed by atoms with Gasteiger partial charge in [0.1, 0.15) is 0 Å². The molecule has 0 atom stereocenters. The lowest BCUT2D eigenvalue weighted by molar-refractivity contribution is 0.270. The van der Waals surface area contributed by atoms with Gasteiger partial charge in [0.05, 0.1) is 12.8 Å². The number of hydrogen-bond donors (Lipinski definition) is 1. The van der Waals surface area contributed by atoms with Gasteiger partial charge in [-0.15, -0.1) is 0 Å². The molecule has 0 saturated heterocycles. The smallest absolute Gasteiger partial charge is 0.0743 e. The molecule has 0 fully saturated rings. The predicted molar refractivity (Wildman–Crippen MR) is 85.1 cm³/mol. The van der Waals surface area contributed by atoms with E-state index in [-0.39, 0.29) is 0 Å². The third-order valence-corrected chi connectivity index (χ3v) is 4.11. The third kappa shape index (κ3) is 2.79. The molecule has 0 aromatic heterocycles. The van der Waals surface area contributed by atoms with Crippen molar-refractivity contribution in [2.24, 2.45) is 0 Å². The Labute approximate surface area is 122 Å². The molecule has 0 radical (unpaired) electrons. The maximum atomic E-state index is 5.01.